The van der Waals surface area contributed by atoms with Gasteiger partial charge >= 0.3 is 0 Å². The van der Waals surface area contributed by atoms with Crippen LogP contribution in [0.1, 0.15) is 27.8 Å². The van der Waals surface area contributed by atoms with Gasteiger partial charge in [-0.05, 0) is 35.7 Å². The standard InChI is InChI=1S/C22H15F4N3O3/c1-29(22(31)16-6-11-15(27-16)3-2-12(23)20(11)26)18-8-32-7-17-19(18)9-4-13(24)14(25)5-10(9)21(30)28-17/h2-6,18,27H,7-8H2,1H3,(H,28,30)/t18-/m0/s1. The quantitative estimate of drug-likeness (QED) is 0.460. The highest BCUT2D eigenvalue weighted by molar-refractivity contribution is 5.98. The number of aromatic amines is 2. The van der Waals surface area contributed by atoms with Gasteiger partial charge in [0.1, 0.15) is 5.69 Å². The van der Waals surface area contributed by atoms with Gasteiger partial charge in [-0.25, -0.2) is 17.6 Å². The van der Waals surface area contributed by atoms with Crippen LogP contribution >= 0.6 is 0 Å². The summed E-state index contributed by atoms with van der Waals surface area (Å²) >= 11 is 0. The first-order chi connectivity index (χ1) is 15.3. The third kappa shape index (κ3) is 2.98. The molecule has 2 aromatic carbocycles. The normalized spacial score (nSPS) is 15.8. The van der Waals surface area contributed by atoms with Gasteiger partial charge in [0, 0.05) is 29.2 Å². The minimum atomic E-state index is -1.16. The van der Waals surface area contributed by atoms with Crippen molar-refractivity contribution in [3.8, 4) is 0 Å². The highest BCUT2D eigenvalue weighted by Gasteiger charge is 2.32. The molecule has 0 unspecified atom stereocenters. The van der Waals surface area contributed by atoms with Gasteiger partial charge in [0.25, 0.3) is 11.5 Å². The monoisotopic (exact) mass is 445 g/mol. The maximum Gasteiger partial charge on any atom is 0.270 e. The van der Waals surface area contributed by atoms with Crippen molar-refractivity contribution >= 4 is 27.6 Å². The fraction of sp³-hybridized carbons (Fsp3) is 0.182. The van der Waals surface area contributed by atoms with Crippen molar-refractivity contribution < 1.29 is 27.1 Å². The van der Waals surface area contributed by atoms with Crippen molar-refractivity contribution in [1.82, 2.24) is 14.9 Å². The molecule has 4 aromatic rings. The Morgan fingerprint density at radius 1 is 1.00 bits per heavy atom. The van der Waals surface area contributed by atoms with Crippen molar-refractivity contribution in [3.63, 3.8) is 0 Å². The Kier molecular flexibility index (Phi) is 4.55. The summed E-state index contributed by atoms with van der Waals surface area (Å²) in [6.07, 6.45) is 0. The van der Waals surface area contributed by atoms with Gasteiger partial charge in [0.05, 0.1) is 24.6 Å². The number of aromatic nitrogens is 2. The number of ether oxygens (including phenoxy) is 1. The van der Waals surface area contributed by atoms with E-state index in [0.717, 1.165) is 18.2 Å². The van der Waals surface area contributed by atoms with Gasteiger partial charge in [-0.2, -0.15) is 0 Å². The smallest absolute Gasteiger partial charge is 0.270 e. The summed E-state index contributed by atoms with van der Waals surface area (Å²) in [6.45, 7) is 0.0491. The van der Waals surface area contributed by atoms with E-state index in [2.05, 4.69) is 9.97 Å². The van der Waals surface area contributed by atoms with Gasteiger partial charge in [0.15, 0.2) is 23.3 Å². The van der Waals surface area contributed by atoms with E-state index >= 15 is 0 Å². The number of nitrogens with one attached hydrogen (secondary N) is 2. The molecule has 0 radical (unpaired) electrons. The van der Waals surface area contributed by atoms with Crippen LogP contribution in [0, 0.1) is 23.3 Å². The lowest BCUT2D eigenvalue weighted by Gasteiger charge is -2.33. The van der Waals surface area contributed by atoms with E-state index in [1.165, 1.54) is 24.1 Å². The van der Waals surface area contributed by atoms with E-state index in [-0.39, 0.29) is 40.6 Å². The molecule has 5 rings (SSSR count). The number of carbonyl (C=O) groups excluding carboxylic acids is 1. The highest BCUT2D eigenvalue weighted by atomic mass is 19.2. The number of halogens is 4. The van der Waals surface area contributed by atoms with Crippen LogP contribution in [-0.2, 0) is 11.3 Å². The number of likely N-dealkylation sites (N-methyl/N-ethyl adjacent to an activating group) is 1. The van der Waals surface area contributed by atoms with Crippen LogP contribution in [0.5, 0.6) is 0 Å². The summed E-state index contributed by atoms with van der Waals surface area (Å²) in [5.74, 6) is -4.97. The van der Waals surface area contributed by atoms with Crippen LogP contribution < -0.4 is 5.56 Å². The number of nitrogens with zero attached hydrogens (tertiary/aromatic N) is 1. The van der Waals surface area contributed by atoms with Crippen LogP contribution in [0.4, 0.5) is 17.6 Å². The first-order valence-electron chi connectivity index (χ1n) is 9.61. The third-order valence-corrected chi connectivity index (χ3v) is 5.75. The van der Waals surface area contributed by atoms with Gasteiger partial charge < -0.3 is 19.6 Å². The number of H-pyrrole nitrogens is 2. The van der Waals surface area contributed by atoms with Crippen LogP contribution in [-0.4, -0.2) is 34.4 Å². The van der Waals surface area contributed by atoms with Gasteiger partial charge in [-0.1, -0.05) is 0 Å². The zero-order chi connectivity index (χ0) is 22.7. The van der Waals surface area contributed by atoms with Crippen molar-refractivity contribution in [1.29, 1.82) is 0 Å². The zero-order valence-corrected chi connectivity index (χ0v) is 16.6. The van der Waals surface area contributed by atoms with E-state index in [9.17, 15) is 27.2 Å². The van der Waals surface area contributed by atoms with Gasteiger partial charge in [0.2, 0.25) is 0 Å². The summed E-state index contributed by atoms with van der Waals surface area (Å²) in [4.78, 5) is 32.2. The molecule has 10 heteroatoms. The maximum atomic E-state index is 14.1. The number of amides is 1. The molecule has 2 aromatic heterocycles. The molecular formula is C22H15F4N3O3. The van der Waals surface area contributed by atoms with Crippen molar-refractivity contribution in [3.05, 3.63) is 80.9 Å². The third-order valence-electron chi connectivity index (χ3n) is 5.75. The molecule has 1 atom stereocenters. The summed E-state index contributed by atoms with van der Waals surface area (Å²) in [5.41, 5.74) is 0.408. The minimum absolute atomic E-state index is 0.00470. The maximum absolute atomic E-state index is 14.1. The number of hydrogen-bond donors (Lipinski definition) is 2. The Hall–Kier alpha value is -3.66. The van der Waals surface area contributed by atoms with Crippen molar-refractivity contribution in [2.75, 3.05) is 13.7 Å². The van der Waals surface area contributed by atoms with Crippen LogP contribution in [0.15, 0.2) is 35.1 Å². The molecule has 2 N–H and O–H groups in total. The molecule has 0 spiro atoms. The summed E-state index contributed by atoms with van der Waals surface area (Å²) < 4.78 is 60.9. The molecule has 0 saturated heterocycles. The Balaban J connectivity index is 1.62. The molecule has 0 bridgehead atoms. The predicted octanol–water partition coefficient (Wildman–Crippen LogP) is 3.91. The second-order valence-corrected chi connectivity index (χ2v) is 7.61. The first-order valence-corrected chi connectivity index (χ1v) is 9.61. The van der Waals surface area contributed by atoms with Gasteiger partial charge in [-0.3, -0.25) is 9.59 Å². The summed E-state index contributed by atoms with van der Waals surface area (Å²) in [5, 5.41) is 0.0355. The fourth-order valence-electron chi connectivity index (χ4n) is 4.14. The highest BCUT2D eigenvalue weighted by Crippen LogP contribution is 2.34. The van der Waals surface area contributed by atoms with E-state index in [1.807, 2.05) is 0 Å². The van der Waals surface area contributed by atoms with Crippen LogP contribution in [0.2, 0.25) is 0 Å². The number of hydrogen-bond acceptors (Lipinski definition) is 3. The SMILES string of the molecule is CN(C(=O)c1cc2c(F)c(F)ccc2[nH]1)[C@H]1COCc2[nH]c(=O)c3cc(F)c(F)cc3c21. The Bertz CT molecular complexity index is 1480. The number of fused-ring (bicyclic) bond motifs is 4. The second-order valence-electron chi connectivity index (χ2n) is 7.61. The number of rotatable bonds is 2. The molecule has 0 aliphatic carbocycles. The van der Waals surface area contributed by atoms with Crippen molar-refractivity contribution in [2.24, 2.45) is 0 Å². The topological polar surface area (TPSA) is 78.2 Å². The molecular weight excluding hydrogens is 430 g/mol. The molecule has 0 fully saturated rings. The Morgan fingerprint density at radius 2 is 1.72 bits per heavy atom. The molecule has 3 heterocycles. The lowest BCUT2D eigenvalue weighted by molar-refractivity contribution is 0.0333. The Morgan fingerprint density at radius 3 is 2.47 bits per heavy atom. The van der Waals surface area contributed by atoms with Crippen LogP contribution in [0.25, 0.3) is 21.7 Å². The summed E-state index contributed by atoms with van der Waals surface area (Å²) in [7, 11) is 1.46. The predicted molar refractivity (Wildman–Crippen MR) is 107 cm³/mol. The molecule has 32 heavy (non-hydrogen) atoms. The average molecular weight is 445 g/mol. The van der Waals surface area contributed by atoms with Gasteiger partial charge in [-0.15, -0.1) is 0 Å². The number of benzene rings is 2. The average Bonchev–Trinajstić information content (AvgIpc) is 3.21. The van der Waals surface area contributed by atoms with E-state index in [4.69, 9.17) is 4.74 Å². The largest absolute Gasteiger partial charge is 0.373 e. The number of pyridine rings is 1. The molecule has 164 valence electrons. The van der Waals surface area contributed by atoms with Crippen LogP contribution in [0.3, 0.4) is 0 Å². The van der Waals surface area contributed by atoms with E-state index < -0.39 is 40.8 Å². The van der Waals surface area contributed by atoms with E-state index in [1.54, 1.807) is 0 Å². The number of carbonyl (C=O) groups is 1. The molecule has 1 aliphatic heterocycles. The van der Waals surface area contributed by atoms with Crippen molar-refractivity contribution in [2.45, 2.75) is 12.6 Å². The Labute approximate surface area is 177 Å². The van der Waals surface area contributed by atoms with E-state index in [0.29, 0.717) is 11.3 Å². The molecule has 1 aliphatic rings. The molecule has 0 saturated carbocycles. The second kappa shape index (κ2) is 7.20. The molecule has 6 nitrogen and oxygen atoms in total. The molecule has 1 amide bonds. The first kappa shape index (κ1) is 20.3. The lowest BCUT2D eigenvalue weighted by Crippen LogP contribution is -2.37. The zero-order valence-electron chi connectivity index (χ0n) is 16.6. The fourth-order valence-corrected chi connectivity index (χ4v) is 4.14. The summed E-state index contributed by atoms with van der Waals surface area (Å²) in [6, 6.07) is 4.46. The lowest BCUT2D eigenvalue weighted by atomic mass is 9.95. The minimum Gasteiger partial charge on any atom is -0.373 e.